The minimum atomic E-state index is -4.88. The number of hydrogen-bond donors (Lipinski definition) is 2. The fraction of sp³-hybridized carbons (Fsp3) is 0.438. The van der Waals surface area contributed by atoms with E-state index in [1.807, 2.05) is 0 Å². The number of rotatable bonds is 7. The Kier molecular flexibility index (Phi) is 5.89. The first-order chi connectivity index (χ1) is 11.7. The Hall–Kier alpha value is -2.29. The van der Waals surface area contributed by atoms with Crippen LogP contribution in [0, 0.1) is 22.6 Å². The second kappa shape index (κ2) is 7.73. The summed E-state index contributed by atoms with van der Waals surface area (Å²) in [6, 6.07) is 5.75. The molecular formula is C16H17F4N3O2. The van der Waals surface area contributed by atoms with Crippen LogP contribution in [0.15, 0.2) is 24.3 Å². The van der Waals surface area contributed by atoms with Crippen molar-refractivity contribution in [1.82, 2.24) is 4.90 Å². The molecule has 1 saturated heterocycles. The van der Waals surface area contributed by atoms with Crippen molar-refractivity contribution in [3.63, 3.8) is 0 Å². The molecule has 0 aromatic heterocycles. The Labute approximate surface area is 141 Å². The van der Waals surface area contributed by atoms with Crippen molar-refractivity contribution in [3.05, 3.63) is 35.6 Å². The average molecular weight is 359 g/mol. The molecule has 1 aromatic carbocycles. The fourth-order valence-corrected chi connectivity index (χ4v) is 2.30. The molecule has 2 N–H and O–H groups in total. The topological polar surface area (TPSA) is 77.2 Å². The number of nitrogens with zero attached hydrogens (tertiary/aromatic N) is 1. The lowest BCUT2D eigenvalue weighted by molar-refractivity contribution is -0.128. The lowest BCUT2D eigenvalue weighted by Gasteiger charge is -2.32. The zero-order chi connectivity index (χ0) is 18.6. The summed E-state index contributed by atoms with van der Waals surface area (Å²) < 4.78 is 56.1. The first kappa shape index (κ1) is 19.0. The van der Waals surface area contributed by atoms with Gasteiger partial charge in [0, 0.05) is 31.0 Å². The van der Waals surface area contributed by atoms with E-state index in [9.17, 15) is 22.4 Å². The zero-order valence-electron chi connectivity index (χ0n) is 13.2. The Morgan fingerprint density at radius 1 is 1.24 bits per heavy atom. The maximum absolute atomic E-state index is 13.8. The highest BCUT2D eigenvalue weighted by atomic mass is 19.4. The zero-order valence-corrected chi connectivity index (χ0v) is 13.2. The largest absolute Gasteiger partial charge is 0.429 e. The smallest absolute Gasteiger partial charge is 0.381 e. The monoisotopic (exact) mass is 359 g/mol. The van der Waals surface area contributed by atoms with Gasteiger partial charge in [-0.1, -0.05) is 18.2 Å². The van der Waals surface area contributed by atoms with Gasteiger partial charge in [0.25, 0.3) is 5.91 Å². The fourth-order valence-electron chi connectivity index (χ4n) is 2.30. The summed E-state index contributed by atoms with van der Waals surface area (Å²) in [6.45, 7) is 0.776. The van der Waals surface area contributed by atoms with Gasteiger partial charge in [-0.25, -0.2) is 4.39 Å². The van der Waals surface area contributed by atoms with Gasteiger partial charge in [-0.15, -0.1) is 0 Å². The van der Waals surface area contributed by atoms with E-state index >= 15 is 0 Å². The Morgan fingerprint density at radius 3 is 2.40 bits per heavy atom. The van der Waals surface area contributed by atoms with Crippen LogP contribution in [0.2, 0.25) is 0 Å². The molecule has 136 valence electrons. The third-order valence-electron chi connectivity index (χ3n) is 3.75. The molecule has 2 rings (SSSR count). The number of carbonyl (C=O) groups excluding carboxylic acids is 1. The van der Waals surface area contributed by atoms with E-state index in [2.05, 4.69) is 0 Å². The van der Waals surface area contributed by atoms with Crippen molar-refractivity contribution in [3.8, 4) is 0 Å². The number of ether oxygens (including phenoxy) is 1. The molecule has 1 aliphatic rings. The molecular weight excluding hydrogens is 342 g/mol. The summed E-state index contributed by atoms with van der Waals surface area (Å²) in [7, 11) is 0. The molecule has 0 saturated carbocycles. The molecule has 1 aliphatic heterocycles. The highest BCUT2D eigenvalue weighted by Gasteiger charge is 2.36. The van der Waals surface area contributed by atoms with Gasteiger partial charge in [0.05, 0.1) is 13.2 Å². The molecule has 1 fully saturated rings. The average Bonchev–Trinajstić information content (AvgIpc) is 2.49. The van der Waals surface area contributed by atoms with E-state index in [4.69, 9.17) is 15.6 Å². The maximum atomic E-state index is 13.8. The first-order valence-corrected chi connectivity index (χ1v) is 7.51. The Bertz CT molecular complexity index is 672. The summed E-state index contributed by atoms with van der Waals surface area (Å²) in [4.78, 5) is 13.5. The van der Waals surface area contributed by atoms with Crippen molar-refractivity contribution in [2.24, 2.45) is 5.92 Å². The predicted molar refractivity (Wildman–Crippen MR) is 82.3 cm³/mol. The Morgan fingerprint density at radius 2 is 1.88 bits per heavy atom. The van der Waals surface area contributed by atoms with Crippen LogP contribution in [-0.4, -0.2) is 48.2 Å². The molecule has 5 nitrogen and oxygen atoms in total. The van der Waals surface area contributed by atoms with E-state index in [-0.39, 0.29) is 24.6 Å². The van der Waals surface area contributed by atoms with Crippen molar-refractivity contribution in [1.29, 1.82) is 10.8 Å². The van der Waals surface area contributed by atoms with E-state index in [0.29, 0.717) is 13.2 Å². The van der Waals surface area contributed by atoms with Crippen molar-refractivity contribution in [2.45, 2.75) is 19.1 Å². The van der Waals surface area contributed by atoms with Crippen molar-refractivity contribution >= 4 is 17.3 Å². The standard InChI is InChI=1S/C16H17F4N3O2/c17-12-4-2-1-3-11(12)7-23(6-10-8-25-9-10)15(24)13(21)5-14(22)16(18,19)20/h1-4,10,21-22H,5-9H2. The van der Waals surface area contributed by atoms with E-state index in [0.717, 1.165) is 4.90 Å². The number of benzene rings is 1. The molecule has 1 aromatic rings. The maximum Gasteiger partial charge on any atom is 0.429 e. The third-order valence-corrected chi connectivity index (χ3v) is 3.75. The van der Waals surface area contributed by atoms with E-state index < -0.39 is 35.7 Å². The number of nitrogens with one attached hydrogen (secondary N) is 2. The number of alkyl halides is 3. The van der Waals surface area contributed by atoms with Crippen LogP contribution in [0.3, 0.4) is 0 Å². The summed E-state index contributed by atoms with van der Waals surface area (Å²) in [5, 5.41) is 14.5. The van der Waals surface area contributed by atoms with Gasteiger partial charge in [0.1, 0.15) is 17.2 Å². The molecule has 9 heteroatoms. The molecule has 1 amide bonds. The SMILES string of the molecule is N=C(CC(=N)C(F)(F)F)C(=O)N(Cc1ccccc1F)CC1COC1. The number of carbonyl (C=O) groups is 1. The quantitative estimate of drug-likeness (QED) is 0.580. The molecule has 0 bridgehead atoms. The molecule has 0 radical (unpaired) electrons. The molecule has 0 aliphatic carbocycles. The van der Waals surface area contributed by atoms with Crippen LogP contribution in [0.25, 0.3) is 0 Å². The highest BCUT2D eigenvalue weighted by molar-refractivity contribution is 6.41. The van der Waals surface area contributed by atoms with Gasteiger partial charge in [-0.2, -0.15) is 13.2 Å². The first-order valence-electron chi connectivity index (χ1n) is 7.51. The van der Waals surface area contributed by atoms with Crippen LogP contribution in [0.4, 0.5) is 17.6 Å². The van der Waals surface area contributed by atoms with Crippen LogP contribution >= 0.6 is 0 Å². The molecule has 1 heterocycles. The van der Waals surface area contributed by atoms with Crippen LogP contribution in [0.5, 0.6) is 0 Å². The predicted octanol–water partition coefficient (Wildman–Crippen LogP) is 2.79. The molecule has 0 spiro atoms. The van der Waals surface area contributed by atoms with E-state index in [1.54, 1.807) is 6.07 Å². The summed E-state index contributed by atoms with van der Waals surface area (Å²) in [5.41, 5.74) is -2.31. The lowest BCUT2D eigenvalue weighted by atomic mass is 10.1. The normalized spacial score (nSPS) is 14.7. The minimum Gasteiger partial charge on any atom is -0.381 e. The van der Waals surface area contributed by atoms with Crippen LogP contribution in [0.1, 0.15) is 12.0 Å². The molecule has 25 heavy (non-hydrogen) atoms. The van der Waals surface area contributed by atoms with Crippen molar-refractivity contribution < 1.29 is 27.1 Å². The summed E-state index contributed by atoms with van der Waals surface area (Å²) >= 11 is 0. The van der Waals surface area contributed by atoms with Gasteiger partial charge in [-0.05, 0) is 6.07 Å². The van der Waals surface area contributed by atoms with Crippen molar-refractivity contribution in [2.75, 3.05) is 19.8 Å². The number of halogens is 4. The highest BCUT2D eigenvalue weighted by Crippen LogP contribution is 2.20. The second-order valence-electron chi connectivity index (χ2n) is 5.81. The molecule has 0 unspecified atom stereocenters. The van der Waals surface area contributed by atoms with Gasteiger partial charge in [-0.3, -0.25) is 10.2 Å². The second-order valence-corrected chi connectivity index (χ2v) is 5.81. The van der Waals surface area contributed by atoms with Gasteiger partial charge >= 0.3 is 6.18 Å². The summed E-state index contributed by atoms with van der Waals surface area (Å²) in [5.74, 6) is -1.49. The number of hydrogen-bond acceptors (Lipinski definition) is 4. The Balaban J connectivity index is 2.10. The summed E-state index contributed by atoms with van der Waals surface area (Å²) in [6.07, 6.45) is -6.00. The minimum absolute atomic E-state index is 0.00871. The van der Waals surface area contributed by atoms with Crippen LogP contribution < -0.4 is 0 Å². The lowest BCUT2D eigenvalue weighted by Crippen LogP contribution is -2.45. The number of amides is 1. The van der Waals surface area contributed by atoms with E-state index in [1.165, 1.54) is 18.2 Å². The van der Waals surface area contributed by atoms with Gasteiger partial charge in [0.2, 0.25) is 0 Å². The van der Waals surface area contributed by atoms with Crippen LogP contribution in [-0.2, 0) is 16.1 Å². The van der Waals surface area contributed by atoms with Gasteiger partial charge < -0.3 is 15.0 Å². The van der Waals surface area contributed by atoms with Gasteiger partial charge in [0.15, 0.2) is 0 Å². The molecule has 0 atom stereocenters. The third kappa shape index (κ3) is 5.09.